The highest BCUT2D eigenvalue weighted by atomic mass is 19.1. The van der Waals surface area contributed by atoms with Crippen LogP contribution in [0.4, 0.5) is 26.2 Å². The molecule has 0 bridgehead atoms. The summed E-state index contributed by atoms with van der Waals surface area (Å²) in [6.45, 7) is 6.81. The minimum Gasteiger partial charge on any atom is -0.486 e. The van der Waals surface area contributed by atoms with Crippen LogP contribution in [0.3, 0.4) is 0 Å². The van der Waals surface area contributed by atoms with Gasteiger partial charge in [0.25, 0.3) is 0 Å². The predicted octanol–water partition coefficient (Wildman–Crippen LogP) is 4.51. The lowest BCUT2D eigenvalue weighted by molar-refractivity contribution is 0.287. The number of piperidine rings is 1. The fourth-order valence-corrected chi connectivity index (χ4v) is 4.81. The topological polar surface area (TPSA) is 99.0 Å². The third-order valence-electron chi connectivity index (χ3n) is 6.60. The Morgan fingerprint density at radius 3 is 2.72 bits per heavy atom. The maximum atomic E-state index is 14.9. The lowest BCUT2D eigenvalue weighted by Gasteiger charge is -2.34. The Morgan fingerprint density at radius 2 is 1.97 bits per heavy atom. The van der Waals surface area contributed by atoms with Gasteiger partial charge < -0.3 is 20.3 Å². The van der Waals surface area contributed by atoms with Crippen LogP contribution in [0, 0.1) is 23.0 Å². The second kappa shape index (κ2) is 10.0. The van der Waals surface area contributed by atoms with Crippen LogP contribution >= 0.6 is 0 Å². The molecular weight excluding hydrogens is 464 g/mol. The van der Waals surface area contributed by atoms with Crippen molar-refractivity contribution >= 4 is 17.5 Å². The third kappa shape index (κ3) is 4.66. The van der Waals surface area contributed by atoms with Crippen molar-refractivity contribution in [3.8, 4) is 23.1 Å². The minimum absolute atomic E-state index is 0.0460. The SMILES string of the molecule is CC(C)N1CCOc2c(F)cc(-c3nc(Nc4ccc(C5CCNCC5)c(C#N)n4)ncc3F)cc21. The van der Waals surface area contributed by atoms with E-state index in [0.717, 1.165) is 37.7 Å². The lowest BCUT2D eigenvalue weighted by Crippen LogP contribution is -2.38. The van der Waals surface area contributed by atoms with E-state index in [1.165, 1.54) is 6.07 Å². The van der Waals surface area contributed by atoms with Gasteiger partial charge in [-0.25, -0.2) is 23.7 Å². The zero-order valence-corrected chi connectivity index (χ0v) is 20.2. The van der Waals surface area contributed by atoms with E-state index in [4.69, 9.17) is 4.74 Å². The highest BCUT2D eigenvalue weighted by Gasteiger charge is 2.26. The number of nitrogens with zero attached hydrogens (tertiary/aromatic N) is 5. The fourth-order valence-electron chi connectivity index (χ4n) is 4.81. The van der Waals surface area contributed by atoms with Crippen LogP contribution in [0.5, 0.6) is 5.75 Å². The molecule has 0 spiro atoms. The molecule has 0 amide bonds. The van der Waals surface area contributed by atoms with E-state index < -0.39 is 11.6 Å². The smallest absolute Gasteiger partial charge is 0.229 e. The zero-order valence-electron chi connectivity index (χ0n) is 20.2. The van der Waals surface area contributed by atoms with Gasteiger partial charge in [0, 0.05) is 11.6 Å². The molecule has 0 saturated carbocycles. The van der Waals surface area contributed by atoms with Gasteiger partial charge in [0.05, 0.1) is 18.4 Å². The second-order valence-electron chi connectivity index (χ2n) is 9.23. The summed E-state index contributed by atoms with van der Waals surface area (Å²) in [7, 11) is 0. The number of fused-ring (bicyclic) bond motifs is 1. The molecule has 0 atom stereocenters. The number of hydrogen-bond donors (Lipinski definition) is 2. The minimum atomic E-state index is -0.681. The molecule has 2 aliphatic heterocycles. The molecule has 2 aromatic heterocycles. The van der Waals surface area contributed by atoms with Crippen LogP contribution in [0.2, 0.25) is 0 Å². The first-order valence-corrected chi connectivity index (χ1v) is 12.1. The number of hydrogen-bond acceptors (Lipinski definition) is 8. The van der Waals surface area contributed by atoms with Crippen molar-refractivity contribution in [2.45, 2.75) is 38.6 Å². The Kier molecular flexibility index (Phi) is 6.65. The van der Waals surface area contributed by atoms with Gasteiger partial charge in [0.1, 0.15) is 29.9 Å². The van der Waals surface area contributed by atoms with Crippen molar-refractivity contribution in [3.63, 3.8) is 0 Å². The van der Waals surface area contributed by atoms with Gasteiger partial charge in [-0.05, 0) is 69.5 Å². The summed E-state index contributed by atoms with van der Waals surface area (Å²) in [6.07, 6.45) is 2.93. The molecule has 0 aliphatic carbocycles. The Morgan fingerprint density at radius 1 is 1.17 bits per heavy atom. The molecular formula is C26H27F2N7O. The second-order valence-corrected chi connectivity index (χ2v) is 9.23. The summed E-state index contributed by atoms with van der Waals surface area (Å²) in [5, 5.41) is 15.9. The maximum Gasteiger partial charge on any atom is 0.229 e. The zero-order chi connectivity index (χ0) is 25.2. The highest BCUT2D eigenvalue weighted by molar-refractivity contribution is 5.73. The van der Waals surface area contributed by atoms with Crippen LogP contribution in [0.1, 0.15) is 43.9 Å². The average molecular weight is 492 g/mol. The largest absolute Gasteiger partial charge is 0.486 e. The molecule has 36 heavy (non-hydrogen) atoms. The molecule has 4 heterocycles. The Bertz CT molecular complexity index is 1320. The standard InChI is InChI=1S/C26H27F2N7O/c1-15(2)35-9-10-36-25-19(27)11-17(12-22(25)35)24-20(28)14-31-26(34-24)33-23-4-3-18(21(13-29)32-23)16-5-7-30-8-6-16/h3-4,11-12,14-16,30H,5-10H2,1-2H3,(H,31,32,33,34). The van der Waals surface area contributed by atoms with E-state index in [2.05, 4.69) is 31.7 Å². The lowest BCUT2D eigenvalue weighted by atomic mass is 9.89. The molecule has 0 unspecified atom stereocenters. The van der Waals surface area contributed by atoms with Crippen molar-refractivity contribution < 1.29 is 13.5 Å². The van der Waals surface area contributed by atoms with Gasteiger partial charge in [-0.1, -0.05) is 6.07 Å². The molecule has 1 saturated heterocycles. The number of rotatable bonds is 5. The number of nitrogens with one attached hydrogen (secondary N) is 2. The molecule has 3 aromatic rings. The van der Waals surface area contributed by atoms with E-state index in [9.17, 15) is 14.0 Å². The molecule has 1 aromatic carbocycles. The Balaban J connectivity index is 1.45. The van der Waals surface area contributed by atoms with Gasteiger partial charge in [-0.3, -0.25) is 0 Å². The van der Waals surface area contributed by atoms with E-state index in [0.29, 0.717) is 30.4 Å². The summed E-state index contributed by atoms with van der Waals surface area (Å²) in [4.78, 5) is 14.8. The summed E-state index contributed by atoms with van der Waals surface area (Å²) in [6, 6.07) is 8.87. The van der Waals surface area contributed by atoms with Gasteiger partial charge in [0.15, 0.2) is 17.4 Å². The van der Waals surface area contributed by atoms with Crippen LogP contribution in [0.25, 0.3) is 11.3 Å². The molecule has 5 rings (SSSR count). The normalized spacial score (nSPS) is 15.8. The molecule has 2 aliphatic rings. The number of benzene rings is 1. The Labute approximate surface area is 208 Å². The highest BCUT2D eigenvalue weighted by Crippen LogP contribution is 2.39. The average Bonchev–Trinajstić information content (AvgIpc) is 2.89. The van der Waals surface area contributed by atoms with E-state index in [1.807, 2.05) is 24.8 Å². The van der Waals surface area contributed by atoms with Gasteiger partial charge in [-0.15, -0.1) is 0 Å². The molecule has 2 N–H and O–H groups in total. The summed E-state index contributed by atoms with van der Waals surface area (Å²) in [5.41, 5.74) is 2.06. The molecule has 186 valence electrons. The van der Waals surface area contributed by atoms with Crippen molar-refractivity contribution in [1.82, 2.24) is 20.3 Å². The van der Waals surface area contributed by atoms with Crippen LogP contribution < -0.4 is 20.3 Å². The summed E-state index contributed by atoms with van der Waals surface area (Å²) < 4.78 is 35.3. The molecule has 1 fully saturated rings. The van der Waals surface area contributed by atoms with Crippen LogP contribution in [-0.2, 0) is 0 Å². The number of halogens is 2. The monoisotopic (exact) mass is 491 g/mol. The molecule has 10 heteroatoms. The number of ether oxygens (including phenoxy) is 1. The first-order chi connectivity index (χ1) is 17.4. The number of pyridine rings is 1. The van der Waals surface area contributed by atoms with Crippen molar-refractivity contribution in [3.05, 3.63) is 53.4 Å². The van der Waals surface area contributed by atoms with E-state index in [-0.39, 0.29) is 34.9 Å². The first-order valence-electron chi connectivity index (χ1n) is 12.1. The van der Waals surface area contributed by atoms with Gasteiger partial charge >= 0.3 is 0 Å². The summed E-state index contributed by atoms with van der Waals surface area (Å²) in [5.74, 6) is -0.350. The van der Waals surface area contributed by atoms with Crippen LogP contribution in [0.15, 0.2) is 30.5 Å². The van der Waals surface area contributed by atoms with Crippen LogP contribution in [-0.4, -0.2) is 47.2 Å². The Hall–Kier alpha value is -3.84. The third-order valence-corrected chi connectivity index (χ3v) is 6.60. The molecule has 8 nitrogen and oxygen atoms in total. The number of aromatic nitrogens is 3. The quantitative estimate of drug-likeness (QED) is 0.538. The van der Waals surface area contributed by atoms with Crippen molar-refractivity contribution in [2.75, 3.05) is 36.5 Å². The first kappa shape index (κ1) is 23.9. The summed E-state index contributed by atoms with van der Waals surface area (Å²) >= 11 is 0. The van der Waals surface area contributed by atoms with E-state index in [1.54, 1.807) is 12.1 Å². The number of anilines is 3. The number of nitriles is 1. The maximum absolute atomic E-state index is 14.9. The van der Waals surface area contributed by atoms with Crippen molar-refractivity contribution in [2.24, 2.45) is 0 Å². The van der Waals surface area contributed by atoms with Gasteiger partial charge in [-0.2, -0.15) is 5.26 Å². The van der Waals surface area contributed by atoms with Crippen molar-refractivity contribution in [1.29, 1.82) is 5.26 Å². The predicted molar refractivity (Wildman–Crippen MR) is 132 cm³/mol. The molecule has 0 radical (unpaired) electrons. The van der Waals surface area contributed by atoms with E-state index >= 15 is 0 Å². The van der Waals surface area contributed by atoms with Gasteiger partial charge in [0.2, 0.25) is 5.95 Å². The fraction of sp³-hybridized carbons (Fsp3) is 0.385.